The molecule has 104 valence electrons. The molecule has 0 spiro atoms. The number of amides is 2. The molecule has 0 unspecified atom stereocenters. The fourth-order valence-corrected chi connectivity index (χ4v) is 1.66. The number of aromatic nitrogens is 1. The Bertz CT molecular complexity index is 617. The first-order chi connectivity index (χ1) is 9.60. The lowest BCUT2D eigenvalue weighted by molar-refractivity contribution is 0.0938. The van der Waals surface area contributed by atoms with E-state index >= 15 is 0 Å². The summed E-state index contributed by atoms with van der Waals surface area (Å²) in [5.74, 6) is 0.154. The Morgan fingerprint density at radius 3 is 2.45 bits per heavy atom. The smallest absolute Gasteiger partial charge is 0.273 e. The number of aryl methyl sites for hydroxylation is 1. The number of nitrogens with one attached hydrogen (secondary N) is 2. The van der Waals surface area contributed by atoms with Gasteiger partial charge < -0.3 is 15.2 Å². The first kappa shape index (κ1) is 13.8. The van der Waals surface area contributed by atoms with Crippen LogP contribution in [0.5, 0.6) is 0 Å². The second-order valence-electron chi connectivity index (χ2n) is 4.28. The molecule has 2 aromatic rings. The molecule has 2 amide bonds. The van der Waals surface area contributed by atoms with Gasteiger partial charge in [-0.15, -0.1) is 0 Å². The summed E-state index contributed by atoms with van der Waals surface area (Å²) in [4.78, 5) is 23.1. The highest BCUT2D eigenvalue weighted by Gasteiger charge is 2.10. The maximum Gasteiger partial charge on any atom is 0.273 e. The number of rotatable bonds is 4. The molecule has 0 saturated carbocycles. The average molecular weight is 273 g/mol. The zero-order chi connectivity index (χ0) is 14.5. The highest BCUT2D eigenvalue weighted by atomic mass is 16.5. The number of hydrogen-bond donors (Lipinski definition) is 2. The Balaban J connectivity index is 1.94. The summed E-state index contributed by atoms with van der Waals surface area (Å²) in [5.41, 5.74) is 1.73. The van der Waals surface area contributed by atoms with Gasteiger partial charge in [0.2, 0.25) is 0 Å². The van der Waals surface area contributed by atoms with Crippen molar-refractivity contribution in [3.63, 3.8) is 0 Å². The van der Waals surface area contributed by atoms with E-state index < -0.39 is 0 Å². The monoisotopic (exact) mass is 273 g/mol. The van der Waals surface area contributed by atoms with Crippen molar-refractivity contribution in [2.24, 2.45) is 0 Å². The first-order valence-electron chi connectivity index (χ1n) is 6.12. The Morgan fingerprint density at radius 1 is 1.20 bits per heavy atom. The molecule has 0 fully saturated rings. The molecular weight excluding hydrogens is 258 g/mol. The zero-order valence-electron chi connectivity index (χ0n) is 11.3. The molecule has 6 nitrogen and oxygen atoms in total. The lowest BCUT2D eigenvalue weighted by Gasteiger charge is -2.04. The van der Waals surface area contributed by atoms with E-state index in [-0.39, 0.29) is 17.5 Å². The first-order valence-corrected chi connectivity index (χ1v) is 6.12. The minimum atomic E-state index is -0.294. The van der Waals surface area contributed by atoms with E-state index in [1.54, 1.807) is 44.3 Å². The molecule has 0 saturated heterocycles. The largest absolute Gasteiger partial charge is 0.361 e. The molecule has 2 rings (SSSR count). The number of carbonyl (C=O) groups is 2. The Hall–Kier alpha value is -2.63. The Morgan fingerprint density at radius 2 is 1.90 bits per heavy atom. The van der Waals surface area contributed by atoms with E-state index in [4.69, 9.17) is 4.52 Å². The highest BCUT2D eigenvalue weighted by molar-refractivity contribution is 5.94. The zero-order valence-corrected chi connectivity index (χ0v) is 11.3. The van der Waals surface area contributed by atoms with E-state index in [0.717, 1.165) is 5.56 Å². The van der Waals surface area contributed by atoms with Crippen LogP contribution >= 0.6 is 0 Å². The number of carbonyl (C=O) groups excluding carboxylic acids is 2. The van der Waals surface area contributed by atoms with Crippen molar-refractivity contribution in [2.45, 2.75) is 13.5 Å². The maximum absolute atomic E-state index is 11.8. The summed E-state index contributed by atoms with van der Waals surface area (Å²) >= 11 is 0. The van der Waals surface area contributed by atoms with Crippen LogP contribution in [0.1, 0.15) is 32.2 Å². The molecular formula is C14H15N3O3. The minimum absolute atomic E-state index is 0.140. The predicted octanol–water partition coefficient (Wildman–Crippen LogP) is 1.27. The van der Waals surface area contributed by atoms with Gasteiger partial charge in [-0.3, -0.25) is 9.59 Å². The summed E-state index contributed by atoms with van der Waals surface area (Å²) in [7, 11) is 1.58. The van der Waals surface area contributed by atoms with Gasteiger partial charge in [-0.2, -0.15) is 0 Å². The van der Waals surface area contributed by atoms with Gasteiger partial charge in [-0.25, -0.2) is 0 Å². The van der Waals surface area contributed by atoms with Crippen molar-refractivity contribution >= 4 is 11.8 Å². The Kier molecular flexibility index (Phi) is 4.14. The van der Waals surface area contributed by atoms with Crippen molar-refractivity contribution in [3.05, 3.63) is 52.9 Å². The lowest BCUT2D eigenvalue weighted by Crippen LogP contribution is -2.23. The van der Waals surface area contributed by atoms with Crippen LogP contribution < -0.4 is 10.6 Å². The quantitative estimate of drug-likeness (QED) is 0.878. The summed E-state index contributed by atoms with van der Waals surface area (Å²) in [5, 5.41) is 8.91. The summed E-state index contributed by atoms with van der Waals surface area (Å²) in [6.07, 6.45) is 0. The van der Waals surface area contributed by atoms with Crippen LogP contribution in [0.4, 0.5) is 0 Å². The molecule has 2 N–H and O–H groups in total. The normalized spacial score (nSPS) is 10.1. The fraction of sp³-hybridized carbons (Fsp3) is 0.214. The molecule has 0 radical (unpaired) electrons. The molecule has 1 aromatic carbocycles. The maximum atomic E-state index is 11.8. The van der Waals surface area contributed by atoms with E-state index in [2.05, 4.69) is 15.8 Å². The number of benzene rings is 1. The predicted molar refractivity (Wildman–Crippen MR) is 72.2 cm³/mol. The molecule has 1 aromatic heterocycles. The molecule has 1 heterocycles. The molecule has 6 heteroatoms. The van der Waals surface area contributed by atoms with Gasteiger partial charge >= 0.3 is 0 Å². The van der Waals surface area contributed by atoms with Gasteiger partial charge in [-0.05, 0) is 24.6 Å². The van der Waals surface area contributed by atoms with Crippen LogP contribution in [-0.2, 0) is 6.54 Å². The third-order valence-electron chi connectivity index (χ3n) is 2.76. The van der Waals surface area contributed by atoms with Crippen LogP contribution in [0.15, 0.2) is 34.9 Å². The Labute approximate surface area is 116 Å². The van der Waals surface area contributed by atoms with Gasteiger partial charge in [0.05, 0.1) is 0 Å². The van der Waals surface area contributed by atoms with Gasteiger partial charge in [0.25, 0.3) is 11.8 Å². The lowest BCUT2D eigenvalue weighted by atomic mass is 10.1. The minimum Gasteiger partial charge on any atom is -0.361 e. The second-order valence-corrected chi connectivity index (χ2v) is 4.28. The third kappa shape index (κ3) is 3.23. The van der Waals surface area contributed by atoms with Crippen LogP contribution in [0.3, 0.4) is 0 Å². The van der Waals surface area contributed by atoms with E-state index in [1.807, 2.05) is 0 Å². The van der Waals surface area contributed by atoms with Crippen LogP contribution in [0.25, 0.3) is 0 Å². The van der Waals surface area contributed by atoms with Crippen LogP contribution in [0, 0.1) is 6.92 Å². The summed E-state index contributed by atoms with van der Waals surface area (Å²) in [6.45, 7) is 2.08. The van der Waals surface area contributed by atoms with E-state index in [0.29, 0.717) is 17.9 Å². The van der Waals surface area contributed by atoms with E-state index in [9.17, 15) is 9.59 Å². The SMILES string of the molecule is CNC(=O)c1ccc(CNC(=O)c2cc(C)on2)cc1. The van der Waals surface area contributed by atoms with Crippen molar-refractivity contribution in [2.75, 3.05) is 7.05 Å². The van der Waals surface area contributed by atoms with Crippen LogP contribution in [-0.4, -0.2) is 24.0 Å². The molecule has 0 aliphatic heterocycles. The molecule has 0 atom stereocenters. The van der Waals surface area contributed by atoms with E-state index in [1.165, 1.54) is 0 Å². The van der Waals surface area contributed by atoms with Crippen molar-refractivity contribution in [1.29, 1.82) is 0 Å². The summed E-state index contributed by atoms with van der Waals surface area (Å²) < 4.78 is 4.84. The molecule has 0 aliphatic carbocycles. The van der Waals surface area contributed by atoms with Gasteiger partial charge in [-0.1, -0.05) is 17.3 Å². The number of nitrogens with zero attached hydrogens (tertiary/aromatic N) is 1. The molecule has 0 bridgehead atoms. The number of hydrogen-bond acceptors (Lipinski definition) is 4. The van der Waals surface area contributed by atoms with Gasteiger partial charge in [0.15, 0.2) is 5.69 Å². The van der Waals surface area contributed by atoms with Gasteiger partial charge in [0.1, 0.15) is 5.76 Å². The average Bonchev–Trinajstić information content (AvgIpc) is 2.91. The molecule has 0 aliphatic rings. The molecule has 20 heavy (non-hydrogen) atoms. The van der Waals surface area contributed by atoms with Crippen molar-refractivity contribution in [1.82, 2.24) is 15.8 Å². The fourth-order valence-electron chi connectivity index (χ4n) is 1.66. The van der Waals surface area contributed by atoms with Crippen LogP contribution in [0.2, 0.25) is 0 Å². The summed E-state index contributed by atoms with van der Waals surface area (Å²) in [6, 6.07) is 8.57. The van der Waals surface area contributed by atoms with Crippen molar-refractivity contribution in [3.8, 4) is 0 Å². The second kappa shape index (κ2) is 6.01. The standard InChI is InChI=1S/C14H15N3O3/c1-9-7-12(17-20-9)14(19)16-8-10-3-5-11(6-4-10)13(18)15-2/h3-7H,8H2,1-2H3,(H,15,18)(H,16,19). The highest BCUT2D eigenvalue weighted by Crippen LogP contribution is 2.05. The third-order valence-corrected chi connectivity index (χ3v) is 2.76. The van der Waals surface area contributed by atoms with Crippen molar-refractivity contribution < 1.29 is 14.1 Å². The topological polar surface area (TPSA) is 84.2 Å². The van der Waals surface area contributed by atoms with Gasteiger partial charge in [0, 0.05) is 25.2 Å².